The molecule has 1 fully saturated rings. The molecule has 2 amide bonds. The Bertz CT molecular complexity index is 542. The van der Waals surface area contributed by atoms with E-state index in [1.807, 2.05) is 0 Å². The number of ether oxygens (including phenoxy) is 1. The molecule has 112 valence electrons. The minimum atomic E-state index is -0.823. The molecule has 6 nitrogen and oxygen atoms in total. The molecule has 0 saturated carbocycles. The maximum Gasteiger partial charge on any atom is 0.329 e. The normalized spacial score (nSPS) is 17.9. The van der Waals surface area contributed by atoms with Crippen LogP contribution in [0.1, 0.15) is 18.4 Å². The second kappa shape index (κ2) is 7.75. The van der Waals surface area contributed by atoms with Gasteiger partial charge in [0.15, 0.2) is 0 Å². The van der Waals surface area contributed by atoms with Crippen molar-refractivity contribution in [3.63, 3.8) is 0 Å². The lowest BCUT2D eigenvalue weighted by atomic mass is 10.2. The summed E-state index contributed by atoms with van der Waals surface area (Å²) >= 11 is 5.93. The highest BCUT2D eigenvalue weighted by molar-refractivity contribution is 6.35. The van der Waals surface area contributed by atoms with Gasteiger partial charge in [-0.1, -0.05) is 29.8 Å². The molecule has 0 unspecified atom stereocenters. The SMILES string of the molecule is O=C(NC[C@@H]1CCCO1)C(=O)N/N=C\c1ccccc1Cl. The van der Waals surface area contributed by atoms with Gasteiger partial charge in [-0.2, -0.15) is 5.10 Å². The number of rotatable bonds is 4. The summed E-state index contributed by atoms with van der Waals surface area (Å²) in [5, 5.41) is 6.72. The minimum Gasteiger partial charge on any atom is -0.376 e. The van der Waals surface area contributed by atoms with E-state index in [1.54, 1.807) is 24.3 Å². The van der Waals surface area contributed by atoms with E-state index >= 15 is 0 Å². The Balaban J connectivity index is 1.75. The van der Waals surface area contributed by atoms with E-state index in [-0.39, 0.29) is 6.10 Å². The second-order valence-corrected chi connectivity index (χ2v) is 4.97. The van der Waals surface area contributed by atoms with E-state index in [0.29, 0.717) is 23.7 Å². The summed E-state index contributed by atoms with van der Waals surface area (Å²) in [4.78, 5) is 23.0. The van der Waals surface area contributed by atoms with Gasteiger partial charge in [-0.05, 0) is 18.9 Å². The maximum absolute atomic E-state index is 11.5. The largest absolute Gasteiger partial charge is 0.376 e. The summed E-state index contributed by atoms with van der Waals surface area (Å²) in [6, 6.07) is 7.04. The Hall–Kier alpha value is -1.92. The van der Waals surface area contributed by atoms with Crippen LogP contribution in [0.25, 0.3) is 0 Å². The second-order valence-electron chi connectivity index (χ2n) is 4.57. The number of benzene rings is 1. The highest BCUT2D eigenvalue weighted by Gasteiger charge is 2.18. The van der Waals surface area contributed by atoms with Gasteiger partial charge in [-0.3, -0.25) is 9.59 Å². The molecule has 2 N–H and O–H groups in total. The van der Waals surface area contributed by atoms with Crippen LogP contribution >= 0.6 is 11.6 Å². The van der Waals surface area contributed by atoms with Gasteiger partial charge in [-0.25, -0.2) is 5.43 Å². The molecule has 0 radical (unpaired) electrons. The van der Waals surface area contributed by atoms with Gasteiger partial charge in [-0.15, -0.1) is 0 Å². The first-order chi connectivity index (χ1) is 10.2. The van der Waals surface area contributed by atoms with E-state index in [0.717, 1.165) is 12.8 Å². The summed E-state index contributed by atoms with van der Waals surface area (Å²) in [6.07, 6.45) is 3.25. The predicted molar refractivity (Wildman–Crippen MR) is 79.2 cm³/mol. The van der Waals surface area contributed by atoms with E-state index < -0.39 is 11.8 Å². The van der Waals surface area contributed by atoms with Gasteiger partial charge >= 0.3 is 11.8 Å². The fourth-order valence-electron chi connectivity index (χ4n) is 1.88. The number of halogens is 1. The number of nitrogens with one attached hydrogen (secondary N) is 2. The van der Waals surface area contributed by atoms with Crippen LogP contribution in [0.2, 0.25) is 5.02 Å². The van der Waals surface area contributed by atoms with Crippen molar-refractivity contribution in [2.24, 2.45) is 5.10 Å². The van der Waals surface area contributed by atoms with Crippen LogP contribution < -0.4 is 10.7 Å². The molecule has 1 aliphatic heterocycles. The molecule has 1 aromatic rings. The lowest BCUT2D eigenvalue weighted by Gasteiger charge is -2.09. The summed E-state index contributed by atoms with van der Waals surface area (Å²) in [5.74, 6) is -1.56. The highest BCUT2D eigenvalue weighted by atomic mass is 35.5. The third-order valence-corrected chi connectivity index (χ3v) is 3.34. The summed E-state index contributed by atoms with van der Waals surface area (Å²) in [6.45, 7) is 1.04. The van der Waals surface area contributed by atoms with Crippen molar-refractivity contribution in [2.75, 3.05) is 13.2 Å². The van der Waals surface area contributed by atoms with Crippen molar-refractivity contribution in [3.8, 4) is 0 Å². The molecular formula is C14H16ClN3O3. The molecular weight excluding hydrogens is 294 g/mol. The topological polar surface area (TPSA) is 79.8 Å². The Morgan fingerprint density at radius 1 is 1.38 bits per heavy atom. The van der Waals surface area contributed by atoms with Crippen molar-refractivity contribution in [2.45, 2.75) is 18.9 Å². The Labute approximate surface area is 127 Å². The lowest BCUT2D eigenvalue weighted by molar-refractivity contribution is -0.139. The number of nitrogens with zero attached hydrogens (tertiary/aromatic N) is 1. The molecule has 2 rings (SSSR count). The molecule has 1 atom stereocenters. The zero-order valence-electron chi connectivity index (χ0n) is 11.3. The van der Waals surface area contributed by atoms with Gasteiger partial charge in [0, 0.05) is 23.7 Å². The molecule has 21 heavy (non-hydrogen) atoms. The van der Waals surface area contributed by atoms with Crippen molar-refractivity contribution in [3.05, 3.63) is 34.9 Å². The number of carbonyl (C=O) groups excluding carboxylic acids is 2. The maximum atomic E-state index is 11.5. The summed E-state index contributed by atoms with van der Waals surface area (Å²) in [5.41, 5.74) is 2.80. The highest BCUT2D eigenvalue weighted by Crippen LogP contribution is 2.12. The first-order valence-corrected chi connectivity index (χ1v) is 7.02. The first-order valence-electron chi connectivity index (χ1n) is 6.64. The number of hydrogen-bond acceptors (Lipinski definition) is 4. The smallest absolute Gasteiger partial charge is 0.329 e. The van der Waals surface area contributed by atoms with Gasteiger partial charge in [0.25, 0.3) is 0 Å². The van der Waals surface area contributed by atoms with Crippen molar-refractivity contribution >= 4 is 29.6 Å². The molecule has 1 aliphatic rings. The van der Waals surface area contributed by atoms with E-state index in [1.165, 1.54) is 6.21 Å². The molecule has 7 heteroatoms. The average Bonchev–Trinajstić information content (AvgIpc) is 3.00. The predicted octanol–water partition coefficient (Wildman–Crippen LogP) is 1.09. The minimum absolute atomic E-state index is 0.00613. The number of amides is 2. The third kappa shape index (κ3) is 4.84. The molecule has 0 aliphatic carbocycles. The molecule has 1 aromatic carbocycles. The van der Waals surface area contributed by atoms with Crippen LogP contribution in [0.5, 0.6) is 0 Å². The molecule has 0 bridgehead atoms. The number of hydrogen-bond donors (Lipinski definition) is 2. The zero-order valence-corrected chi connectivity index (χ0v) is 12.1. The van der Waals surface area contributed by atoms with Gasteiger partial charge in [0.05, 0.1) is 12.3 Å². The summed E-state index contributed by atoms with van der Waals surface area (Å²) in [7, 11) is 0. The van der Waals surface area contributed by atoms with Crippen LogP contribution in [0, 0.1) is 0 Å². The third-order valence-electron chi connectivity index (χ3n) is 3.00. The standard InChI is InChI=1S/C14H16ClN3O3/c15-12-6-2-1-4-10(12)8-17-18-14(20)13(19)16-9-11-5-3-7-21-11/h1-2,4,6,8,11H,3,5,7,9H2,(H,16,19)(H,18,20)/b17-8-/t11-/m0/s1. The van der Waals surface area contributed by atoms with Crippen molar-refractivity contribution in [1.29, 1.82) is 0 Å². The van der Waals surface area contributed by atoms with Gasteiger partial charge < -0.3 is 10.1 Å². The number of hydrazone groups is 1. The van der Waals surface area contributed by atoms with Crippen LogP contribution in [0.3, 0.4) is 0 Å². The van der Waals surface area contributed by atoms with E-state index in [4.69, 9.17) is 16.3 Å². The molecule has 1 saturated heterocycles. The van der Waals surface area contributed by atoms with Gasteiger partial charge in [0.2, 0.25) is 0 Å². The fourth-order valence-corrected chi connectivity index (χ4v) is 2.07. The Morgan fingerprint density at radius 2 is 2.19 bits per heavy atom. The quantitative estimate of drug-likeness (QED) is 0.496. The monoisotopic (exact) mass is 309 g/mol. The average molecular weight is 310 g/mol. The Kier molecular flexibility index (Phi) is 5.71. The van der Waals surface area contributed by atoms with E-state index in [2.05, 4.69) is 15.8 Å². The van der Waals surface area contributed by atoms with Crippen molar-refractivity contribution < 1.29 is 14.3 Å². The lowest BCUT2D eigenvalue weighted by Crippen LogP contribution is -2.41. The van der Waals surface area contributed by atoms with Crippen LogP contribution in [-0.2, 0) is 14.3 Å². The molecule has 0 spiro atoms. The summed E-state index contributed by atoms with van der Waals surface area (Å²) < 4.78 is 5.34. The van der Waals surface area contributed by atoms with Gasteiger partial charge in [0.1, 0.15) is 0 Å². The van der Waals surface area contributed by atoms with Crippen molar-refractivity contribution in [1.82, 2.24) is 10.7 Å². The molecule has 1 heterocycles. The van der Waals surface area contributed by atoms with Crippen LogP contribution in [0.4, 0.5) is 0 Å². The van der Waals surface area contributed by atoms with Crippen LogP contribution in [0.15, 0.2) is 29.4 Å². The first kappa shape index (κ1) is 15.5. The van der Waals surface area contributed by atoms with Crippen LogP contribution in [-0.4, -0.2) is 37.3 Å². The zero-order chi connectivity index (χ0) is 15.1. The van der Waals surface area contributed by atoms with E-state index in [9.17, 15) is 9.59 Å². The molecule has 0 aromatic heterocycles. The Morgan fingerprint density at radius 3 is 2.90 bits per heavy atom. The number of carbonyl (C=O) groups is 2. The fraction of sp³-hybridized carbons (Fsp3) is 0.357.